The van der Waals surface area contributed by atoms with E-state index in [1.54, 1.807) is 5.38 Å². The molecule has 146 valence electrons. The summed E-state index contributed by atoms with van der Waals surface area (Å²) in [6, 6.07) is 15.7. The van der Waals surface area contributed by atoms with Gasteiger partial charge in [-0.2, -0.15) is 0 Å². The van der Waals surface area contributed by atoms with Gasteiger partial charge in [0.15, 0.2) is 0 Å². The first kappa shape index (κ1) is 20.0. The number of nitrogens with one attached hydrogen (secondary N) is 1. The summed E-state index contributed by atoms with van der Waals surface area (Å²) in [5.74, 6) is 0.629. The highest BCUT2D eigenvalue weighted by Crippen LogP contribution is 2.26. The van der Waals surface area contributed by atoms with Crippen LogP contribution in [0.4, 0.5) is 5.69 Å². The summed E-state index contributed by atoms with van der Waals surface area (Å²) in [5, 5.41) is 5.51. The number of carbonyl (C=O) groups excluding carboxylic acids is 1. The van der Waals surface area contributed by atoms with Crippen LogP contribution < -0.4 is 10.1 Å². The third kappa shape index (κ3) is 5.41. The van der Waals surface area contributed by atoms with Gasteiger partial charge in [-0.05, 0) is 69.4 Å². The normalized spacial score (nSPS) is 10.9. The minimum Gasteiger partial charge on any atom is -0.494 e. The molecule has 2 aromatic carbocycles. The maximum absolute atomic E-state index is 12.5. The van der Waals surface area contributed by atoms with Crippen LogP contribution in [0.1, 0.15) is 23.0 Å². The van der Waals surface area contributed by atoms with Crippen LogP contribution in [0.25, 0.3) is 10.6 Å². The van der Waals surface area contributed by atoms with Gasteiger partial charge < -0.3 is 15.0 Å². The zero-order valence-corrected chi connectivity index (χ0v) is 17.3. The molecule has 3 aromatic rings. The fourth-order valence-corrected chi connectivity index (χ4v) is 3.48. The number of amides is 1. The monoisotopic (exact) mass is 395 g/mol. The lowest BCUT2D eigenvalue weighted by Gasteiger charge is -2.09. The second-order valence-corrected chi connectivity index (χ2v) is 7.56. The molecule has 28 heavy (non-hydrogen) atoms. The molecule has 6 heteroatoms. The van der Waals surface area contributed by atoms with Crippen LogP contribution in [0.15, 0.2) is 53.9 Å². The molecule has 0 unspecified atom stereocenters. The maximum Gasteiger partial charge on any atom is 0.275 e. The molecule has 0 aliphatic rings. The van der Waals surface area contributed by atoms with Gasteiger partial charge in [-0.3, -0.25) is 4.79 Å². The highest BCUT2D eigenvalue weighted by molar-refractivity contribution is 7.13. The molecule has 1 amide bonds. The standard InChI is InChI=1S/C22H25N3O2S/c1-4-27-19-11-7-17(8-12-19)22-24-20(15-28-22)21(26)23-18-9-5-16(6-10-18)13-14-25(2)3/h5-12,15H,4,13-14H2,1-3H3,(H,23,26). The topological polar surface area (TPSA) is 54.5 Å². The Balaban J connectivity index is 1.62. The van der Waals surface area contributed by atoms with Crippen molar-refractivity contribution < 1.29 is 9.53 Å². The van der Waals surface area contributed by atoms with Crippen LogP contribution in [-0.2, 0) is 6.42 Å². The molecule has 5 nitrogen and oxygen atoms in total. The minimum absolute atomic E-state index is 0.200. The highest BCUT2D eigenvalue weighted by Gasteiger charge is 2.12. The molecule has 0 atom stereocenters. The summed E-state index contributed by atoms with van der Waals surface area (Å²) in [6.07, 6.45) is 0.985. The van der Waals surface area contributed by atoms with Crippen molar-refractivity contribution >= 4 is 22.9 Å². The second kappa shape index (κ2) is 9.48. The third-order valence-electron chi connectivity index (χ3n) is 4.21. The smallest absolute Gasteiger partial charge is 0.275 e. The van der Waals surface area contributed by atoms with Gasteiger partial charge in [0.2, 0.25) is 0 Å². The molecule has 0 bridgehead atoms. The number of ether oxygens (including phenoxy) is 1. The number of rotatable bonds is 8. The number of hydrogen-bond donors (Lipinski definition) is 1. The van der Waals surface area contributed by atoms with Gasteiger partial charge in [0.05, 0.1) is 6.61 Å². The SMILES string of the molecule is CCOc1ccc(-c2nc(C(=O)Nc3ccc(CCN(C)C)cc3)cs2)cc1. The molecule has 1 N–H and O–H groups in total. The number of anilines is 1. The fraction of sp³-hybridized carbons (Fsp3) is 0.273. The summed E-state index contributed by atoms with van der Waals surface area (Å²) in [6.45, 7) is 3.59. The lowest BCUT2D eigenvalue weighted by atomic mass is 10.1. The van der Waals surface area contributed by atoms with Crippen LogP contribution in [0.3, 0.4) is 0 Å². The lowest BCUT2D eigenvalue weighted by molar-refractivity contribution is 0.102. The molecule has 3 rings (SSSR count). The van der Waals surface area contributed by atoms with Crippen LogP contribution in [0.2, 0.25) is 0 Å². The average molecular weight is 396 g/mol. The first-order valence-electron chi connectivity index (χ1n) is 9.29. The summed E-state index contributed by atoms with van der Waals surface area (Å²) in [7, 11) is 4.12. The van der Waals surface area contributed by atoms with Gasteiger partial charge in [0.1, 0.15) is 16.5 Å². The Morgan fingerprint density at radius 1 is 1.11 bits per heavy atom. The summed E-state index contributed by atoms with van der Waals surface area (Å²) < 4.78 is 5.46. The Morgan fingerprint density at radius 3 is 2.46 bits per heavy atom. The molecular weight excluding hydrogens is 370 g/mol. The molecule has 0 aliphatic carbocycles. The van der Waals surface area contributed by atoms with Crippen molar-refractivity contribution in [2.24, 2.45) is 0 Å². The van der Waals surface area contributed by atoms with E-state index in [4.69, 9.17) is 4.74 Å². The summed E-state index contributed by atoms with van der Waals surface area (Å²) in [4.78, 5) is 19.1. The fourth-order valence-electron chi connectivity index (χ4n) is 2.67. The van der Waals surface area contributed by atoms with E-state index >= 15 is 0 Å². The number of likely N-dealkylation sites (N-methyl/N-ethyl adjacent to an activating group) is 1. The van der Waals surface area contributed by atoms with Gasteiger partial charge in [0, 0.05) is 23.2 Å². The van der Waals surface area contributed by atoms with Gasteiger partial charge in [-0.25, -0.2) is 4.98 Å². The van der Waals surface area contributed by atoms with Crippen LogP contribution in [-0.4, -0.2) is 43.0 Å². The number of benzene rings is 2. The molecule has 0 aliphatic heterocycles. The molecule has 1 heterocycles. The van der Waals surface area contributed by atoms with E-state index in [9.17, 15) is 4.79 Å². The van der Waals surface area contributed by atoms with Crippen molar-refractivity contribution in [2.75, 3.05) is 32.6 Å². The zero-order valence-electron chi connectivity index (χ0n) is 16.4. The molecule has 0 saturated heterocycles. The highest BCUT2D eigenvalue weighted by atomic mass is 32.1. The molecular formula is C22H25N3O2S. The van der Waals surface area contributed by atoms with Crippen LogP contribution in [0.5, 0.6) is 5.75 Å². The predicted molar refractivity (Wildman–Crippen MR) is 115 cm³/mol. The van der Waals surface area contributed by atoms with Gasteiger partial charge in [-0.1, -0.05) is 12.1 Å². The van der Waals surface area contributed by atoms with Crippen molar-refractivity contribution in [1.82, 2.24) is 9.88 Å². The third-order valence-corrected chi connectivity index (χ3v) is 5.10. The Morgan fingerprint density at radius 2 is 1.82 bits per heavy atom. The Hall–Kier alpha value is -2.70. The quantitative estimate of drug-likeness (QED) is 0.607. The zero-order chi connectivity index (χ0) is 19.9. The maximum atomic E-state index is 12.5. The number of thiazole rings is 1. The van der Waals surface area contributed by atoms with E-state index in [1.807, 2.05) is 55.5 Å². The number of carbonyl (C=O) groups is 1. The molecule has 0 spiro atoms. The average Bonchev–Trinajstić information content (AvgIpc) is 3.19. The molecule has 0 saturated carbocycles. The molecule has 0 radical (unpaired) electrons. The number of nitrogens with zero attached hydrogens (tertiary/aromatic N) is 2. The second-order valence-electron chi connectivity index (χ2n) is 6.70. The van der Waals surface area contributed by atoms with Crippen molar-refractivity contribution in [3.05, 3.63) is 65.2 Å². The Bertz CT molecular complexity index is 902. The van der Waals surface area contributed by atoms with Gasteiger partial charge in [-0.15, -0.1) is 11.3 Å². The van der Waals surface area contributed by atoms with E-state index in [-0.39, 0.29) is 5.91 Å². The van der Waals surface area contributed by atoms with Crippen molar-refractivity contribution in [3.63, 3.8) is 0 Å². The van der Waals surface area contributed by atoms with Gasteiger partial charge >= 0.3 is 0 Å². The largest absolute Gasteiger partial charge is 0.494 e. The van der Waals surface area contributed by atoms with E-state index in [0.29, 0.717) is 12.3 Å². The summed E-state index contributed by atoms with van der Waals surface area (Å²) in [5.41, 5.74) is 3.41. The number of hydrogen-bond acceptors (Lipinski definition) is 5. The van der Waals surface area contributed by atoms with Crippen LogP contribution >= 0.6 is 11.3 Å². The van der Waals surface area contributed by atoms with E-state index in [0.717, 1.165) is 35.0 Å². The summed E-state index contributed by atoms with van der Waals surface area (Å²) >= 11 is 1.46. The first-order valence-corrected chi connectivity index (χ1v) is 10.2. The first-order chi connectivity index (χ1) is 13.5. The minimum atomic E-state index is -0.200. The van der Waals surface area contributed by atoms with Crippen molar-refractivity contribution in [1.29, 1.82) is 0 Å². The van der Waals surface area contributed by atoms with Crippen molar-refractivity contribution in [2.45, 2.75) is 13.3 Å². The molecule has 1 aromatic heterocycles. The van der Waals surface area contributed by atoms with Gasteiger partial charge in [0.25, 0.3) is 5.91 Å². The number of aromatic nitrogens is 1. The lowest BCUT2D eigenvalue weighted by Crippen LogP contribution is -2.15. The predicted octanol–water partition coefficient (Wildman–Crippen LogP) is 4.57. The van der Waals surface area contributed by atoms with Crippen molar-refractivity contribution in [3.8, 4) is 16.3 Å². The molecule has 0 fully saturated rings. The van der Waals surface area contributed by atoms with E-state index in [1.165, 1.54) is 16.9 Å². The Kier molecular flexibility index (Phi) is 6.79. The Labute approximate surface area is 170 Å². The van der Waals surface area contributed by atoms with E-state index < -0.39 is 0 Å². The van der Waals surface area contributed by atoms with Crippen LogP contribution in [0, 0.1) is 0 Å². The van der Waals surface area contributed by atoms with E-state index in [2.05, 4.69) is 29.3 Å².